The number of H-pyrrole nitrogens is 2. The zero-order valence-electron chi connectivity index (χ0n) is 8.19. The first kappa shape index (κ1) is 12.0. The molecule has 1 rings (SSSR count). The molecule has 1 amide bonds. The molecule has 0 saturated carbocycles. The normalized spacial score (nSPS) is 12.1. The number of aromatic amines is 2. The molecule has 1 heterocycles. The number of aliphatic hydroxyl groups is 1. The maximum Gasteiger partial charge on any atom is 0.332 e. The Morgan fingerprint density at radius 2 is 2.19 bits per heavy atom. The average Bonchev–Trinajstić information content (AvgIpc) is 2.64. The van der Waals surface area contributed by atoms with Crippen LogP contribution in [0.3, 0.4) is 0 Å². The summed E-state index contributed by atoms with van der Waals surface area (Å²) >= 11 is 0. The van der Waals surface area contributed by atoms with Crippen LogP contribution in [0.1, 0.15) is 16.9 Å². The van der Waals surface area contributed by atoms with Crippen LogP contribution >= 0.6 is 0 Å². The van der Waals surface area contributed by atoms with Crippen molar-refractivity contribution in [2.75, 3.05) is 6.54 Å². The minimum Gasteiger partial charge on any atom is -0.479 e. The minimum atomic E-state index is -1.51. The van der Waals surface area contributed by atoms with Crippen molar-refractivity contribution in [3.05, 3.63) is 22.4 Å². The summed E-state index contributed by atoms with van der Waals surface area (Å²) in [5.41, 5.74) is -0.453. The van der Waals surface area contributed by atoms with Crippen molar-refractivity contribution >= 4 is 11.9 Å². The van der Waals surface area contributed by atoms with Crippen LogP contribution in [-0.4, -0.2) is 44.7 Å². The lowest BCUT2D eigenvalue weighted by atomic mass is 10.2. The standard InChI is InChI=1S/C8H11N3O5/c12-5(7(14)15)1-2-9-6(13)4-3-10-8(16)11-4/h3,5,12H,1-2H2,(H,9,13)(H,14,15)(H2,10,11,16). The highest BCUT2D eigenvalue weighted by Gasteiger charge is 2.13. The quantitative estimate of drug-likeness (QED) is 0.408. The highest BCUT2D eigenvalue weighted by Crippen LogP contribution is 1.91. The van der Waals surface area contributed by atoms with Crippen molar-refractivity contribution < 1.29 is 19.8 Å². The number of carboxylic acid groups (broad SMARTS) is 1. The monoisotopic (exact) mass is 229 g/mol. The summed E-state index contributed by atoms with van der Waals surface area (Å²) in [6, 6.07) is 0. The molecule has 1 atom stereocenters. The van der Waals surface area contributed by atoms with E-state index in [1.807, 2.05) is 0 Å². The number of aliphatic carboxylic acids is 1. The highest BCUT2D eigenvalue weighted by atomic mass is 16.4. The van der Waals surface area contributed by atoms with Gasteiger partial charge in [0.2, 0.25) is 0 Å². The topological polar surface area (TPSA) is 135 Å². The van der Waals surface area contributed by atoms with Gasteiger partial charge in [-0.2, -0.15) is 0 Å². The summed E-state index contributed by atoms with van der Waals surface area (Å²) in [6.07, 6.45) is -0.410. The van der Waals surface area contributed by atoms with Gasteiger partial charge in [0, 0.05) is 19.2 Å². The van der Waals surface area contributed by atoms with Crippen LogP contribution in [0.4, 0.5) is 0 Å². The molecule has 0 spiro atoms. The van der Waals surface area contributed by atoms with Gasteiger partial charge in [0.25, 0.3) is 5.91 Å². The molecule has 0 radical (unpaired) electrons. The van der Waals surface area contributed by atoms with E-state index in [0.29, 0.717) is 0 Å². The molecule has 0 aliphatic heterocycles. The van der Waals surface area contributed by atoms with E-state index in [4.69, 9.17) is 10.2 Å². The van der Waals surface area contributed by atoms with Gasteiger partial charge in [-0.1, -0.05) is 0 Å². The third kappa shape index (κ3) is 3.24. The number of carboxylic acids is 1. The maximum absolute atomic E-state index is 11.3. The van der Waals surface area contributed by atoms with Crippen molar-refractivity contribution in [2.24, 2.45) is 0 Å². The summed E-state index contributed by atoms with van der Waals surface area (Å²) < 4.78 is 0. The molecular formula is C8H11N3O5. The number of carbonyl (C=O) groups is 2. The first-order chi connectivity index (χ1) is 7.50. The van der Waals surface area contributed by atoms with Gasteiger partial charge in [-0.25, -0.2) is 9.59 Å². The molecule has 8 heteroatoms. The lowest BCUT2D eigenvalue weighted by molar-refractivity contribution is -0.146. The summed E-state index contributed by atoms with van der Waals surface area (Å²) in [4.78, 5) is 36.7. The molecule has 8 nitrogen and oxygen atoms in total. The van der Waals surface area contributed by atoms with Gasteiger partial charge in [-0.15, -0.1) is 0 Å². The molecule has 1 aromatic rings. The van der Waals surface area contributed by atoms with Crippen LogP contribution in [0.2, 0.25) is 0 Å². The number of imidazole rings is 1. The van der Waals surface area contributed by atoms with E-state index in [-0.39, 0.29) is 18.7 Å². The fourth-order valence-corrected chi connectivity index (χ4v) is 0.996. The molecule has 0 fully saturated rings. The van der Waals surface area contributed by atoms with E-state index >= 15 is 0 Å². The summed E-state index contributed by atoms with van der Waals surface area (Å²) in [6.45, 7) is -0.000486. The lowest BCUT2D eigenvalue weighted by Gasteiger charge is -2.05. The average molecular weight is 229 g/mol. The van der Waals surface area contributed by atoms with Crippen molar-refractivity contribution in [2.45, 2.75) is 12.5 Å². The van der Waals surface area contributed by atoms with Crippen LogP contribution in [0.25, 0.3) is 0 Å². The van der Waals surface area contributed by atoms with Gasteiger partial charge < -0.3 is 25.5 Å². The second-order valence-corrected chi connectivity index (χ2v) is 3.06. The molecule has 5 N–H and O–H groups in total. The number of aromatic nitrogens is 2. The predicted molar refractivity (Wildman–Crippen MR) is 52.0 cm³/mol. The fourth-order valence-electron chi connectivity index (χ4n) is 0.996. The maximum atomic E-state index is 11.3. The second kappa shape index (κ2) is 5.12. The van der Waals surface area contributed by atoms with Gasteiger partial charge in [0.15, 0.2) is 6.10 Å². The third-order valence-corrected chi connectivity index (χ3v) is 1.83. The number of amides is 1. The van der Waals surface area contributed by atoms with Crippen molar-refractivity contribution in [3.8, 4) is 0 Å². The number of hydrogen-bond donors (Lipinski definition) is 5. The Labute approximate surface area is 89.3 Å². The Balaban J connectivity index is 2.36. The van der Waals surface area contributed by atoms with E-state index in [1.54, 1.807) is 0 Å². The van der Waals surface area contributed by atoms with Gasteiger partial charge >= 0.3 is 11.7 Å². The molecule has 16 heavy (non-hydrogen) atoms. The number of rotatable bonds is 5. The van der Waals surface area contributed by atoms with Crippen LogP contribution in [0.5, 0.6) is 0 Å². The number of carbonyl (C=O) groups excluding carboxylic acids is 1. The molecule has 0 bridgehead atoms. The number of hydrogen-bond acceptors (Lipinski definition) is 4. The summed E-state index contributed by atoms with van der Waals surface area (Å²) in [5.74, 6) is -1.89. The number of aliphatic hydroxyl groups excluding tert-OH is 1. The molecule has 88 valence electrons. The predicted octanol–water partition coefficient (Wildman–Crippen LogP) is -1.73. The van der Waals surface area contributed by atoms with E-state index in [9.17, 15) is 14.4 Å². The van der Waals surface area contributed by atoms with E-state index in [0.717, 1.165) is 0 Å². The zero-order chi connectivity index (χ0) is 12.1. The van der Waals surface area contributed by atoms with Crippen molar-refractivity contribution in [1.82, 2.24) is 15.3 Å². The van der Waals surface area contributed by atoms with Crippen molar-refractivity contribution in [1.29, 1.82) is 0 Å². The van der Waals surface area contributed by atoms with E-state index in [2.05, 4.69) is 15.3 Å². The Hall–Kier alpha value is -2.09. The lowest BCUT2D eigenvalue weighted by Crippen LogP contribution is -2.30. The third-order valence-electron chi connectivity index (χ3n) is 1.83. The fraction of sp³-hybridized carbons (Fsp3) is 0.375. The van der Waals surface area contributed by atoms with Crippen LogP contribution in [-0.2, 0) is 4.79 Å². The van der Waals surface area contributed by atoms with Crippen LogP contribution in [0, 0.1) is 0 Å². The largest absolute Gasteiger partial charge is 0.479 e. The van der Waals surface area contributed by atoms with Gasteiger partial charge in [-0.3, -0.25) is 4.79 Å². The SMILES string of the molecule is O=C(NCCC(O)C(=O)O)c1c[nH]c(=O)[nH]1. The van der Waals surface area contributed by atoms with Crippen LogP contribution < -0.4 is 11.0 Å². The van der Waals surface area contributed by atoms with Gasteiger partial charge in [-0.05, 0) is 0 Å². The van der Waals surface area contributed by atoms with Gasteiger partial charge in [0.1, 0.15) is 5.69 Å². The summed E-state index contributed by atoms with van der Waals surface area (Å²) in [5, 5.41) is 19.6. The Bertz CT molecular complexity index is 435. The Morgan fingerprint density at radius 1 is 1.50 bits per heavy atom. The molecular weight excluding hydrogens is 218 g/mol. The van der Waals surface area contributed by atoms with Crippen molar-refractivity contribution in [3.63, 3.8) is 0 Å². The Kier molecular flexibility index (Phi) is 3.84. The number of nitrogens with one attached hydrogen (secondary N) is 3. The summed E-state index contributed by atoms with van der Waals surface area (Å²) in [7, 11) is 0. The first-order valence-corrected chi connectivity index (χ1v) is 4.47. The molecule has 0 aliphatic carbocycles. The van der Waals surface area contributed by atoms with Gasteiger partial charge in [0.05, 0.1) is 0 Å². The molecule has 0 saturated heterocycles. The highest BCUT2D eigenvalue weighted by molar-refractivity contribution is 5.91. The zero-order valence-corrected chi connectivity index (χ0v) is 8.19. The molecule has 1 aromatic heterocycles. The molecule has 0 aromatic carbocycles. The first-order valence-electron chi connectivity index (χ1n) is 4.47. The Morgan fingerprint density at radius 3 is 2.69 bits per heavy atom. The van der Waals surface area contributed by atoms with Crippen LogP contribution in [0.15, 0.2) is 11.0 Å². The minimum absolute atomic E-state index is 0.000486. The molecule has 1 unspecified atom stereocenters. The molecule has 0 aliphatic rings. The second-order valence-electron chi connectivity index (χ2n) is 3.06. The van der Waals surface area contributed by atoms with E-state index < -0.39 is 23.7 Å². The van der Waals surface area contributed by atoms with E-state index in [1.165, 1.54) is 6.20 Å². The smallest absolute Gasteiger partial charge is 0.332 e.